The van der Waals surface area contributed by atoms with Crippen molar-refractivity contribution in [1.82, 2.24) is 4.98 Å². The number of hydrogen-bond acceptors (Lipinski definition) is 1. The van der Waals surface area contributed by atoms with Crippen molar-refractivity contribution in [2.45, 2.75) is 0 Å². The number of halogens is 2. The first-order chi connectivity index (χ1) is 6.59. The molecule has 0 atom stereocenters. The minimum absolute atomic E-state index is 0.456. The summed E-state index contributed by atoms with van der Waals surface area (Å²) in [7, 11) is 0. The van der Waals surface area contributed by atoms with Crippen LogP contribution in [-0.4, -0.2) is 4.98 Å². The van der Waals surface area contributed by atoms with E-state index in [1.54, 1.807) is 12.1 Å². The fourth-order valence-corrected chi connectivity index (χ4v) is 2.16. The monoisotopic (exact) mass is 313 g/mol. The van der Waals surface area contributed by atoms with Gasteiger partial charge in [0.2, 0.25) is 0 Å². The molecular weight excluding hydrogens is 308 g/mol. The molecule has 2 rings (SSSR count). The van der Waals surface area contributed by atoms with E-state index in [2.05, 4.69) is 27.6 Å². The lowest BCUT2D eigenvalue weighted by Gasteiger charge is -2.06. The van der Waals surface area contributed by atoms with Crippen LogP contribution in [0.3, 0.4) is 0 Å². The number of hydrogen-bond donors (Lipinski definition) is 0. The molecule has 3 heteroatoms. The van der Waals surface area contributed by atoms with Crippen LogP contribution in [0.2, 0.25) is 5.15 Å². The van der Waals surface area contributed by atoms with Gasteiger partial charge in [-0.3, -0.25) is 0 Å². The van der Waals surface area contributed by atoms with Gasteiger partial charge in [-0.2, -0.15) is 0 Å². The minimum Gasteiger partial charge on any atom is -0.236 e. The fourth-order valence-electron chi connectivity index (χ4n) is 1.24. The molecule has 2 aromatic rings. The van der Waals surface area contributed by atoms with Gasteiger partial charge in [0.05, 0.1) is 5.52 Å². The summed E-state index contributed by atoms with van der Waals surface area (Å²) in [6.45, 7) is 11.5. The Bertz CT molecular complexity index is 508. The standard InChI is InChI=1S/C11H5ClIN/c1-6-5-9-8(11(13)7(6)2)3-4-10(12)14-9/h1-5H. The van der Waals surface area contributed by atoms with Crippen LogP contribution < -0.4 is 0 Å². The molecule has 0 bridgehead atoms. The van der Waals surface area contributed by atoms with Crippen LogP contribution in [0.4, 0.5) is 0 Å². The first-order valence-electron chi connectivity index (χ1n) is 3.89. The summed E-state index contributed by atoms with van der Waals surface area (Å²) in [4.78, 5) is 4.16. The van der Waals surface area contributed by atoms with Gasteiger partial charge in [-0.25, -0.2) is 4.98 Å². The van der Waals surface area contributed by atoms with Crippen LogP contribution in [0.5, 0.6) is 0 Å². The summed E-state index contributed by atoms with van der Waals surface area (Å²) < 4.78 is 0.918. The number of fused-ring (bicyclic) bond motifs is 1. The summed E-state index contributed by atoms with van der Waals surface area (Å²) in [5.41, 5.74) is 1.91. The van der Waals surface area contributed by atoms with Crippen LogP contribution >= 0.6 is 34.2 Å². The molecule has 0 fully saturated rings. The molecule has 0 amide bonds. The summed E-state index contributed by atoms with van der Waals surface area (Å²) in [6, 6.07) is 5.36. The summed E-state index contributed by atoms with van der Waals surface area (Å²) in [5.74, 6) is 0. The van der Waals surface area contributed by atoms with Gasteiger partial charge in [-0.1, -0.05) is 11.6 Å². The van der Waals surface area contributed by atoms with Gasteiger partial charge in [0.25, 0.3) is 0 Å². The van der Waals surface area contributed by atoms with E-state index in [0.717, 1.165) is 14.5 Å². The van der Waals surface area contributed by atoms with Crippen molar-refractivity contribution in [3.05, 3.63) is 51.9 Å². The van der Waals surface area contributed by atoms with E-state index in [4.69, 9.17) is 25.4 Å². The van der Waals surface area contributed by atoms with Crippen LogP contribution in [0.15, 0.2) is 18.2 Å². The highest BCUT2D eigenvalue weighted by Gasteiger charge is 2.06. The lowest BCUT2D eigenvalue weighted by molar-refractivity contribution is 1.39. The Labute approximate surface area is 102 Å². The SMILES string of the molecule is [CH]c1cc2nc(Cl)ccc2c(I)c1[CH]. The highest BCUT2D eigenvalue weighted by Crippen LogP contribution is 2.26. The van der Waals surface area contributed by atoms with Crippen LogP contribution in [-0.2, 0) is 0 Å². The van der Waals surface area contributed by atoms with E-state index in [1.807, 2.05) is 6.07 Å². The Balaban J connectivity index is 2.91. The highest BCUT2D eigenvalue weighted by molar-refractivity contribution is 14.1. The van der Waals surface area contributed by atoms with E-state index in [-0.39, 0.29) is 0 Å². The Morgan fingerprint density at radius 1 is 1.29 bits per heavy atom. The predicted octanol–water partition coefficient (Wildman–Crippen LogP) is 3.61. The van der Waals surface area contributed by atoms with E-state index in [0.29, 0.717) is 16.3 Å². The Morgan fingerprint density at radius 2 is 2.00 bits per heavy atom. The molecule has 4 radical (unpaired) electrons. The average molecular weight is 314 g/mol. The number of rotatable bonds is 0. The second-order valence-corrected chi connectivity index (χ2v) is 4.36. The van der Waals surface area contributed by atoms with Gasteiger partial charge in [0.1, 0.15) is 5.15 Å². The fraction of sp³-hybridized carbons (Fsp3) is 0. The average Bonchev–Trinajstić information content (AvgIpc) is 2.14. The van der Waals surface area contributed by atoms with E-state index < -0.39 is 0 Å². The zero-order valence-electron chi connectivity index (χ0n) is 7.09. The second-order valence-electron chi connectivity index (χ2n) is 2.89. The number of nitrogens with zero attached hydrogens (tertiary/aromatic N) is 1. The summed E-state index contributed by atoms with van der Waals surface area (Å²) in [6.07, 6.45) is 0. The van der Waals surface area contributed by atoms with Crippen molar-refractivity contribution in [2.75, 3.05) is 0 Å². The lowest BCUT2D eigenvalue weighted by Crippen LogP contribution is -1.90. The van der Waals surface area contributed by atoms with E-state index >= 15 is 0 Å². The van der Waals surface area contributed by atoms with Crippen molar-refractivity contribution in [3.8, 4) is 0 Å². The Kier molecular flexibility index (Phi) is 2.66. The van der Waals surface area contributed by atoms with Crippen LogP contribution in [0.1, 0.15) is 11.1 Å². The molecule has 0 N–H and O–H groups in total. The predicted molar refractivity (Wildman–Crippen MR) is 66.3 cm³/mol. The molecule has 1 nitrogen and oxygen atoms in total. The first-order valence-corrected chi connectivity index (χ1v) is 5.35. The van der Waals surface area contributed by atoms with Gasteiger partial charge >= 0.3 is 0 Å². The molecule has 0 saturated heterocycles. The summed E-state index contributed by atoms with van der Waals surface area (Å²) >= 11 is 7.93. The molecule has 0 aliphatic heterocycles. The number of aromatic nitrogens is 1. The van der Waals surface area contributed by atoms with Gasteiger partial charge in [0.15, 0.2) is 0 Å². The van der Waals surface area contributed by atoms with Crippen molar-refractivity contribution in [3.63, 3.8) is 0 Å². The maximum Gasteiger partial charge on any atom is 0.129 e. The van der Waals surface area contributed by atoms with Gasteiger partial charge in [0, 0.05) is 15.9 Å². The Hall–Kier alpha value is -0.350. The molecule has 68 valence electrons. The maximum atomic E-state index is 5.79. The van der Waals surface area contributed by atoms with Crippen molar-refractivity contribution in [1.29, 1.82) is 0 Å². The van der Waals surface area contributed by atoms with Crippen LogP contribution in [0.25, 0.3) is 10.9 Å². The molecule has 0 saturated carbocycles. The molecule has 1 aromatic carbocycles. The molecule has 0 aliphatic carbocycles. The van der Waals surface area contributed by atoms with Crippen molar-refractivity contribution < 1.29 is 0 Å². The second kappa shape index (κ2) is 3.66. The third-order valence-electron chi connectivity index (χ3n) is 1.97. The van der Waals surface area contributed by atoms with E-state index in [9.17, 15) is 0 Å². The topological polar surface area (TPSA) is 12.9 Å². The van der Waals surface area contributed by atoms with Crippen molar-refractivity contribution in [2.24, 2.45) is 0 Å². The van der Waals surface area contributed by atoms with Gasteiger partial charge in [-0.15, -0.1) is 0 Å². The molecule has 0 spiro atoms. The van der Waals surface area contributed by atoms with Gasteiger partial charge in [-0.05, 0) is 58.8 Å². The molecule has 1 heterocycles. The molecule has 0 aliphatic rings. The lowest BCUT2D eigenvalue weighted by atomic mass is 10.1. The molecule has 14 heavy (non-hydrogen) atoms. The maximum absolute atomic E-state index is 5.79. The summed E-state index contributed by atoms with van der Waals surface area (Å²) in [5, 5.41) is 1.43. The highest BCUT2D eigenvalue weighted by atomic mass is 127. The third kappa shape index (κ3) is 1.61. The van der Waals surface area contributed by atoms with E-state index in [1.165, 1.54) is 0 Å². The molecule has 0 unspecified atom stereocenters. The number of benzene rings is 1. The van der Waals surface area contributed by atoms with Crippen molar-refractivity contribution >= 4 is 45.1 Å². The smallest absolute Gasteiger partial charge is 0.129 e. The Morgan fingerprint density at radius 3 is 2.71 bits per heavy atom. The third-order valence-corrected chi connectivity index (χ3v) is 3.34. The molecular formula is C11H5ClIN. The van der Waals surface area contributed by atoms with Crippen LogP contribution in [0, 0.1) is 17.4 Å². The quantitative estimate of drug-likeness (QED) is 0.535. The normalized spacial score (nSPS) is 10.9. The zero-order chi connectivity index (χ0) is 10.3. The largest absolute Gasteiger partial charge is 0.236 e. The molecule has 1 aromatic heterocycles. The minimum atomic E-state index is 0.456. The van der Waals surface area contributed by atoms with Gasteiger partial charge < -0.3 is 0 Å². The number of pyridine rings is 1. The zero-order valence-corrected chi connectivity index (χ0v) is 10.0. The first kappa shape index (κ1) is 10.2.